The summed E-state index contributed by atoms with van der Waals surface area (Å²) in [4.78, 5) is 10.7. The summed E-state index contributed by atoms with van der Waals surface area (Å²) in [5.74, 6) is -1.22. The Kier molecular flexibility index (Phi) is 4.42. The molecule has 0 saturated carbocycles. The van der Waals surface area contributed by atoms with Crippen molar-refractivity contribution in [3.63, 3.8) is 0 Å². The summed E-state index contributed by atoms with van der Waals surface area (Å²) < 4.78 is 25.9. The molecule has 1 aromatic carbocycles. The second-order valence-corrected chi connectivity index (χ2v) is 6.77. The van der Waals surface area contributed by atoms with Crippen molar-refractivity contribution in [2.75, 3.05) is 13.2 Å². The lowest BCUT2D eigenvalue weighted by molar-refractivity contribution is 0.0697. The molecule has 1 fully saturated rings. The Labute approximate surface area is 117 Å². The number of sulfonamides is 1. The lowest BCUT2D eigenvalue weighted by Gasteiger charge is -2.22. The summed E-state index contributed by atoms with van der Waals surface area (Å²) in [6.45, 7) is 0.262. The molecular formula is C13H17NO5S. The van der Waals surface area contributed by atoms with E-state index in [1.807, 2.05) is 0 Å². The summed E-state index contributed by atoms with van der Waals surface area (Å²) >= 11 is 0. The molecule has 2 N–H and O–H groups in total. The molecule has 0 aromatic heterocycles. The number of carboxylic acid groups (broad SMARTS) is 1. The SMILES string of the molecule is O=C(O)c1ccc(CS(=O)(=O)N2CCCC2CO)cc1. The van der Waals surface area contributed by atoms with Crippen molar-refractivity contribution < 1.29 is 23.4 Å². The van der Waals surface area contributed by atoms with E-state index in [9.17, 15) is 18.3 Å². The van der Waals surface area contributed by atoms with Crippen LogP contribution in [0.1, 0.15) is 28.8 Å². The van der Waals surface area contributed by atoms with Gasteiger partial charge in [0, 0.05) is 12.6 Å². The Hall–Kier alpha value is -1.44. The van der Waals surface area contributed by atoms with E-state index in [0.717, 1.165) is 6.42 Å². The molecular weight excluding hydrogens is 282 g/mol. The third-order valence-electron chi connectivity index (χ3n) is 3.44. The first-order valence-electron chi connectivity index (χ1n) is 6.36. The molecule has 20 heavy (non-hydrogen) atoms. The van der Waals surface area contributed by atoms with Crippen molar-refractivity contribution in [1.29, 1.82) is 0 Å². The number of benzene rings is 1. The highest BCUT2D eigenvalue weighted by Crippen LogP contribution is 2.23. The van der Waals surface area contributed by atoms with Crippen molar-refractivity contribution in [1.82, 2.24) is 4.31 Å². The maximum Gasteiger partial charge on any atom is 0.335 e. The quantitative estimate of drug-likeness (QED) is 0.833. The predicted molar refractivity (Wildman–Crippen MR) is 72.8 cm³/mol. The number of aromatic carboxylic acids is 1. The number of aliphatic hydroxyl groups excluding tert-OH is 1. The largest absolute Gasteiger partial charge is 0.478 e. The zero-order valence-corrected chi connectivity index (χ0v) is 11.7. The molecule has 1 aliphatic rings. The van der Waals surface area contributed by atoms with Gasteiger partial charge in [0.2, 0.25) is 10.0 Å². The van der Waals surface area contributed by atoms with Gasteiger partial charge in [-0.25, -0.2) is 13.2 Å². The number of nitrogens with zero attached hydrogens (tertiary/aromatic N) is 1. The molecule has 0 spiro atoms. The molecule has 110 valence electrons. The maximum absolute atomic E-state index is 12.3. The van der Waals surface area contributed by atoms with Crippen LogP contribution < -0.4 is 0 Å². The zero-order chi connectivity index (χ0) is 14.8. The van der Waals surface area contributed by atoms with Gasteiger partial charge in [-0.05, 0) is 30.5 Å². The first kappa shape index (κ1) is 15.0. The van der Waals surface area contributed by atoms with Gasteiger partial charge < -0.3 is 10.2 Å². The molecule has 1 heterocycles. The highest BCUT2D eigenvalue weighted by Gasteiger charge is 2.33. The van der Waals surface area contributed by atoms with Crippen molar-refractivity contribution in [2.45, 2.75) is 24.6 Å². The molecule has 7 heteroatoms. The molecule has 0 radical (unpaired) electrons. The van der Waals surface area contributed by atoms with Crippen LogP contribution in [-0.2, 0) is 15.8 Å². The van der Waals surface area contributed by atoms with E-state index in [1.165, 1.54) is 28.6 Å². The molecule has 1 unspecified atom stereocenters. The summed E-state index contributed by atoms with van der Waals surface area (Å²) in [5.41, 5.74) is 0.666. The molecule has 1 aromatic rings. The van der Waals surface area contributed by atoms with Gasteiger partial charge >= 0.3 is 5.97 Å². The highest BCUT2D eigenvalue weighted by atomic mass is 32.2. The highest BCUT2D eigenvalue weighted by molar-refractivity contribution is 7.88. The first-order chi connectivity index (χ1) is 9.44. The van der Waals surface area contributed by atoms with Crippen LogP contribution in [0.2, 0.25) is 0 Å². The molecule has 1 saturated heterocycles. The third kappa shape index (κ3) is 3.17. The number of hydrogen-bond acceptors (Lipinski definition) is 4. The van der Waals surface area contributed by atoms with Gasteiger partial charge in [0.15, 0.2) is 0 Å². The average Bonchev–Trinajstić information content (AvgIpc) is 2.88. The molecule has 0 bridgehead atoms. The lowest BCUT2D eigenvalue weighted by Crippen LogP contribution is -2.38. The van der Waals surface area contributed by atoms with Gasteiger partial charge in [-0.2, -0.15) is 4.31 Å². The second kappa shape index (κ2) is 5.90. The Balaban J connectivity index is 2.13. The van der Waals surface area contributed by atoms with Crippen LogP contribution in [0.25, 0.3) is 0 Å². The van der Waals surface area contributed by atoms with Crippen molar-refractivity contribution in [3.05, 3.63) is 35.4 Å². The molecule has 2 rings (SSSR count). The van der Waals surface area contributed by atoms with E-state index in [0.29, 0.717) is 18.5 Å². The summed E-state index contributed by atoms with van der Waals surface area (Å²) in [6.07, 6.45) is 1.43. The van der Waals surface area contributed by atoms with E-state index in [2.05, 4.69) is 0 Å². The van der Waals surface area contributed by atoms with Crippen LogP contribution in [-0.4, -0.2) is 48.1 Å². The van der Waals surface area contributed by atoms with Gasteiger partial charge in [-0.1, -0.05) is 12.1 Å². The molecule has 1 atom stereocenters. The van der Waals surface area contributed by atoms with Crippen LogP contribution >= 0.6 is 0 Å². The summed E-state index contributed by atoms with van der Waals surface area (Å²) in [7, 11) is -3.48. The van der Waals surface area contributed by atoms with Crippen molar-refractivity contribution in [2.24, 2.45) is 0 Å². The molecule has 0 aliphatic carbocycles. The van der Waals surface area contributed by atoms with E-state index < -0.39 is 16.0 Å². The van der Waals surface area contributed by atoms with Crippen molar-refractivity contribution >= 4 is 16.0 Å². The van der Waals surface area contributed by atoms with E-state index >= 15 is 0 Å². The number of rotatable bonds is 5. The van der Waals surface area contributed by atoms with E-state index in [-0.39, 0.29) is 24.0 Å². The molecule has 0 amide bonds. The third-order valence-corrected chi connectivity index (χ3v) is 5.33. The van der Waals surface area contributed by atoms with Gasteiger partial charge in [0.05, 0.1) is 17.9 Å². The minimum Gasteiger partial charge on any atom is -0.478 e. The average molecular weight is 299 g/mol. The number of aliphatic hydroxyl groups is 1. The summed E-state index contributed by atoms with van der Waals surface area (Å²) in [5, 5.41) is 18.0. The zero-order valence-electron chi connectivity index (χ0n) is 10.9. The first-order valence-corrected chi connectivity index (χ1v) is 7.97. The Bertz CT molecular complexity index is 581. The predicted octanol–water partition coefficient (Wildman–Crippen LogP) is 0.671. The molecule has 6 nitrogen and oxygen atoms in total. The Morgan fingerprint density at radius 2 is 1.95 bits per heavy atom. The fourth-order valence-electron chi connectivity index (χ4n) is 2.39. The summed E-state index contributed by atoms with van der Waals surface area (Å²) in [6, 6.07) is 5.45. The topological polar surface area (TPSA) is 94.9 Å². The van der Waals surface area contributed by atoms with E-state index in [1.54, 1.807) is 0 Å². The van der Waals surface area contributed by atoms with Crippen LogP contribution in [0, 0.1) is 0 Å². The fourth-order valence-corrected chi connectivity index (χ4v) is 4.21. The van der Waals surface area contributed by atoms with Gasteiger partial charge in [0.25, 0.3) is 0 Å². The van der Waals surface area contributed by atoms with Gasteiger partial charge in [-0.3, -0.25) is 0 Å². The fraction of sp³-hybridized carbons (Fsp3) is 0.462. The van der Waals surface area contributed by atoms with Crippen LogP contribution in [0.5, 0.6) is 0 Å². The minimum atomic E-state index is -3.48. The van der Waals surface area contributed by atoms with Gasteiger partial charge in [0.1, 0.15) is 0 Å². The minimum absolute atomic E-state index is 0.126. The Morgan fingerprint density at radius 3 is 2.50 bits per heavy atom. The van der Waals surface area contributed by atoms with E-state index in [4.69, 9.17) is 5.11 Å². The monoisotopic (exact) mass is 299 g/mol. The van der Waals surface area contributed by atoms with Crippen molar-refractivity contribution in [3.8, 4) is 0 Å². The smallest absolute Gasteiger partial charge is 0.335 e. The van der Waals surface area contributed by atoms with Crippen LogP contribution in [0.4, 0.5) is 0 Å². The second-order valence-electron chi connectivity index (χ2n) is 4.85. The van der Waals surface area contributed by atoms with Crippen LogP contribution in [0.3, 0.4) is 0 Å². The normalized spacial score (nSPS) is 20.1. The number of hydrogen-bond donors (Lipinski definition) is 2. The lowest BCUT2D eigenvalue weighted by atomic mass is 10.1. The number of carboxylic acids is 1. The number of carbonyl (C=O) groups is 1. The Morgan fingerprint density at radius 1 is 1.30 bits per heavy atom. The van der Waals surface area contributed by atoms with Gasteiger partial charge in [-0.15, -0.1) is 0 Å². The van der Waals surface area contributed by atoms with Crippen LogP contribution in [0.15, 0.2) is 24.3 Å². The molecule has 1 aliphatic heterocycles. The maximum atomic E-state index is 12.3. The standard InChI is InChI=1S/C13H17NO5S/c15-8-12-2-1-7-14(12)20(18,19)9-10-3-5-11(6-4-10)13(16)17/h3-6,12,15H,1-2,7-9H2,(H,16,17).